The second-order valence-electron chi connectivity index (χ2n) is 13.5. The highest BCUT2D eigenvalue weighted by atomic mass is 16.6. The highest BCUT2D eigenvalue weighted by Crippen LogP contribution is 2.57. The zero-order valence-corrected chi connectivity index (χ0v) is 24.8. The summed E-state index contributed by atoms with van der Waals surface area (Å²) in [6.07, 6.45) is 12.4. The van der Waals surface area contributed by atoms with Gasteiger partial charge in [-0.25, -0.2) is 4.79 Å². The first kappa shape index (κ1) is 27.3. The third-order valence-corrected chi connectivity index (χ3v) is 11.4. The van der Waals surface area contributed by atoms with Crippen molar-refractivity contribution in [2.24, 2.45) is 29.6 Å². The number of cyclic esters (lactones) is 1. The fourth-order valence-electron chi connectivity index (χ4n) is 9.65. The van der Waals surface area contributed by atoms with Crippen molar-refractivity contribution < 1.29 is 24.1 Å². The quantitative estimate of drug-likeness (QED) is 0.419. The Morgan fingerprint density at radius 2 is 1.85 bits per heavy atom. The van der Waals surface area contributed by atoms with Gasteiger partial charge in [-0.3, -0.25) is 4.90 Å². The van der Waals surface area contributed by atoms with Crippen molar-refractivity contribution >= 4 is 5.97 Å². The molecule has 6 nitrogen and oxygen atoms in total. The zero-order chi connectivity index (χ0) is 28.2. The van der Waals surface area contributed by atoms with Crippen molar-refractivity contribution in [2.45, 2.75) is 95.7 Å². The molecule has 2 saturated heterocycles. The van der Waals surface area contributed by atoms with Gasteiger partial charge < -0.3 is 19.3 Å². The monoisotopic (exact) mass is 559 g/mol. The molecule has 0 radical (unpaired) electrons. The van der Waals surface area contributed by atoms with E-state index in [9.17, 15) is 9.90 Å². The van der Waals surface area contributed by atoms with Crippen molar-refractivity contribution in [1.82, 2.24) is 4.90 Å². The van der Waals surface area contributed by atoms with Crippen LogP contribution in [0.1, 0.15) is 83.1 Å². The maximum absolute atomic E-state index is 12.5. The number of allylic oxidation sites excluding steroid dienone is 1. The smallest absolute Gasteiger partial charge is 0.343 e. The highest BCUT2D eigenvalue weighted by molar-refractivity contribution is 5.93. The van der Waals surface area contributed by atoms with E-state index in [0.29, 0.717) is 46.5 Å². The molecule has 8 atom stereocenters. The molecule has 4 heterocycles. The van der Waals surface area contributed by atoms with Gasteiger partial charge in [0.2, 0.25) is 5.76 Å². The molecular weight excluding hydrogens is 514 g/mol. The molecule has 0 unspecified atom stereocenters. The maximum atomic E-state index is 12.5. The van der Waals surface area contributed by atoms with Gasteiger partial charge in [0.1, 0.15) is 5.76 Å². The van der Waals surface area contributed by atoms with Crippen LogP contribution in [-0.4, -0.2) is 47.8 Å². The molecular formula is C35H45NO5. The summed E-state index contributed by atoms with van der Waals surface area (Å²) < 4.78 is 17.9. The minimum atomic E-state index is -0.366. The molecule has 1 aromatic rings. The van der Waals surface area contributed by atoms with E-state index in [4.69, 9.17) is 14.2 Å². The fourth-order valence-corrected chi connectivity index (χ4v) is 9.65. The molecule has 4 aliphatic heterocycles. The average molecular weight is 560 g/mol. The predicted molar refractivity (Wildman–Crippen MR) is 156 cm³/mol. The van der Waals surface area contributed by atoms with Crippen molar-refractivity contribution in [2.75, 3.05) is 13.7 Å². The zero-order valence-electron chi connectivity index (χ0n) is 24.8. The van der Waals surface area contributed by atoms with E-state index in [-0.39, 0.29) is 36.0 Å². The van der Waals surface area contributed by atoms with Crippen LogP contribution in [0.3, 0.4) is 0 Å². The van der Waals surface area contributed by atoms with E-state index in [1.807, 2.05) is 0 Å². The number of rotatable bonds is 5. The first-order valence-electron chi connectivity index (χ1n) is 16.0. The van der Waals surface area contributed by atoms with Gasteiger partial charge in [0.15, 0.2) is 11.5 Å². The summed E-state index contributed by atoms with van der Waals surface area (Å²) in [5.41, 5.74) is 1.93. The number of esters is 1. The lowest BCUT2D eigenvalue weighted by molar-refractivity contribution is -0.133. The number of carbonyl (C=O) groups is 1. The van der Waals surface area contributed by atoms with Crippen LogP contribution in [0.5, 0.6) is 0 Å². The third-order valence-electron chi connectivity index (χ3n) is 11.4. The summed E-state index contributed by atoms with van der Waals surface area (Å²) in [4.78, 5) is 15.2. The van der Waals surface area contributed by atoms with Crippen LogP contribution in [0, 0.1) is 29.6 Å². The number of carbonyl (C=O) groups excluding carboxylic acids is 1. The summed E-state index contributed by atoms with van der Waals surface area (Å²) >= 11 is 0. The summed E-state index contributed by atoms with van der Waals surface area (Å²) in [7, 11) is 1.58. The van der Waals surface area contributed by atoms with Gasteiger partial charge in [-0.1, -0.05) is 62.9 Å². The molecule has 0 amide bonds. The van der Waals surface area contributed by atoms with E-state index in [1.54, 1.807) is 14.0 Å². The van der Waals surface area contributed by atoms with Gasteiger partial charge in [0.25, 0.3) is 0 Å². The molecule has 2 saturated carbocycles. The second kappa shape index (κ2) is 10.9. The number of hydrogen-bond acceptors (Lipinski definition) is 6. The highest BCUT2D eigenvalue weighted by Gasteiger charge is 2.56. The Balaban J connectivity index is 1.26. The van der Waals surface area contributed by atoms with E-state index >= 15 is 0 Å². The Labute approximate surface area is 244 Å². The lowest BCUT2D eigenvalue weighted by atomic mass is 9.68. The van der Waals surface area contributed by atoms with Crippen LogP contribution in [0.4, 0.5) is 0 Å². The maximum Gasteiger partial charge on any atom is 0.343 e. The molecule has 6 heteroatoms. The van der Waals surface area contributed by atoms with E-state index in [1.165, 1.54) is 44.1 Å². The van der Waals surface area contributed by atoms with Crippen LogP contribution in [0.25, 0.3) is 0 Å². The first-order chi connectivity index (χ1) is 20.0. The molecule has 0 aromatic heterocycles. The number of fused-ring (bicyclic) bond motifs is 4. The number of methoxy groups -OCH3 is 1. The molecule has 1 aromatic carbocycles. The van der Waals surface area contributed by atoms with Crippen molar-refractivity contribution in [1.29, 1.82) is 0 Å². The number of aliphatic hydroxyl groups is 1. The van der Waals surface area contributed by atoms with E-state index in [0.717, 1.165) is 31.6 Å². The Morgan fingerprint density at radius 1 is 1.07 bits per heavy atom. The van der Waals surface area contributed by atoms with Crippen LogP contribution < -0.4 is 0 Å². The van der Waals surface area contributed by atoms with Gasteiger partial charge >= 0.3 is 5.97 Å². The van der Waals surface area contributed by atoms with Gasteiger partial charge in [-0.05, 0) is 74.3 Å². The number of piperidine rings is 1. The molecule has 1 N–H and O–H groups in total. The van der Waals surface area contributed by atoms with Crippen LogP contribution in [-0.2, 0) is 19.0 Å². The number of ether oxygens (including phenoxy) is 3. The number of hydrogen-bond donors (Lipinski definition) is 1. The molecule has 220 valence electrons. The number of nitrogens with zero attached hydrogens (tertiary/aromatic N) is 1. The van der Waals surface area contributed by atoms with Gasteiger partial charge in [0, 0.05) is 30.5 Å². The van der Waals surface area contributed by atoms with Crippen molar-refractivity contribution in [3.05, 3.63) is 70.6 Å². The molecule has 7 rings (SSSR count). The second-order valence-corrected chi connectivity index (χ2v) is 13.5. The average Bonchev–Trinajstić information content (AvgIpc) is 3.74. The molecule has 2 aliphatic carbocycles. The minimum Gasteiger partial charge on any atom is -0.492 e. The molecule has 41 heavy (non-hydrogen) atoms. The summed E-state index contributed by atoms with van der Waals surface area (Å²) in [6, 6.07) is 11.5. The lowest BCUT2D eigenvalue weighted by Gasteiger charge is -2.52. The number of aliphatic hydroxyl groups excluding tert-OH is 1. The van der Waals surface area contributed by atoms with Gasteiger partial charge in [-0.2, -0.15) is 0 Å². The Hall–Kier alpha value is -2.57. The van der Waals surface area contributed by atoms with E-state index < -0.39 is 0 Å². The normalized spacial score (nSPS) is 38.1. The Bertz CT molecular complexity index is 1260. The Kier molecular flexibility index (Phi) is 7.27. The topological polar surface area (TPSA) is 68.2 Å². The summed E-state index contributed by atoms with van der Waals surface area (Å²) in [5, 5.41) is 12.0. The lowest BCUT2D eigenvalue weighted by Crippen LogP contribution is -2.60. The number of benzene rings is 1. The SMILES string of the molecule is COC1=C(C)C(=O)OC1=C1OC2=CCCN3[C@H]([C@@H](O)CC4CCCC4)[C@H]4CC[C@H](c5ccccc5)[C@@H]4C[C@@H]3[C@@H]2[C@H]1C. The van der Waals surface area contributed by atoms with Gasteiger partial charge in [0.05, 0.1) is 18.8 Å². The molecule has 0 spiro atoms. The predicted octanol–water partition coefficient (Wildman–Crippen LogP) is 6.44. The van der Waals surface area contributed by atoms with Crippen molar-refractivity contribution in [3.63, 3.8) is 0 Å². The Morgan fingerprint density at radius 3 is 2.61 bits per heavy atom. The molecule has 4 fully saturated rings. The van der Waals surface area contributed by atoms with Gasteiger partial charge in [-0.15, -0.1) is 0 Å². The third kappa shape index (κ3) is 4.57. The van der Waals surface area contributed by atoms with Crippen LogP contribution in [0.2, 0.25) is 0 Å². The largest absolute Gasteiger partial charge is 0.492 e. The molecule has 0 bridgehead atoms. The van der Waals surface area contributed by atoms with Crippen LogP contribution in [0.15, 0.2) is 65.0 Å². The van der Waals surface area contributed by atoms with E-state index in [2.05, 4.69) is 48.2 Å². The van der Waals surface area contributed by atoms with Crippen molar-refractivity contribution in [3.8, 4) is 0 Å². The van der Waals surface area contributed by atoms with Crippen LogP contribution >= 0.6 is 0 Å². The first-order valence-corrected chi connectivity index (χ1v) is 16.0. The molecule has 6 aliphatic rings. The minimum absolute atomic E-state index is 0.0338. The standard InChI is InChI=1S/C35H45NO5/c1-20-30-27-19-26-24(23-12-5-4-6-13-23)15-16-25(26)31(28(37)18-22-10-7-8-11-22)36(27)17-9-14-29(30)40-33(20)34-32(39-3)21(2)35(38)41-34/h4-6,12-14,20,22,24-28,30-31,37H,7-11,15-19H2,1-3H3/t20-,24-,25+,26+,27-,28+,30+,31+/m1/s1. The fraction of sp³-hybridized carbons (Fsp3) is 0.629. The summed E-state index contributed by atoms with van der Waals surface area (Å²) in [5.74, 6) is 4.67. The summed E-state index contributed by atoms with van der Waals surface area (Å²) in [6.45, 7) is 4.91.